The van der Waals surface area contributed by atoms with E-state index in [2.05, 4.69) is 10.3 Å². The molecule has 0 spiro atoms. The number of aromatic nitrogens is 1. The number of halogens is 1. The van der Waals surface area contributed by atoms with Crippen molar-refractivity contribution < 1.29 is 9.90 Å². The zero-order chi connectivity index (χ0) is 13.7. The van der Waals surface area contributed by atoms with Crippen molar-refractivity contribution in [3.63, 3.8) is 0 Å². The average molecular weight is 303 g/mol. The molecule has 2 rings (SSSR count). The van der Waals surface area contributed by atoms with Crippen molar-refractivity contribution in [2.45, 2.75) is 51.1 Å². The maximum atomic E-state index is 11.0. The highest BCUT2D eigenvalue weighted by Gasteiger charge is 2.25. The van der Waals surface area contributed by atoms with E-state index in [1.165, 1.54) is 30.6 Å². The smallest absolute Gasteiger partial charge is 0.304 e. The minimum absolute atomic E-state index is 0.0421. The summed E-state index contributed by atoms with van der Waals surface area (Å²) in [5.41, 5.74) is 0. The van der Waals surface area contributed by atoms with Gasteiger partial charge >= 0.3 is 5.97 Å². The van der Waals surface area contributed by atoms with Gasteiger partial charge in [0.05, 0.1) is 12.6 Å². The molecule has 19 heavy (non-hydrogen) atoms. The summed E-state index contributed by atoms with van der Waals surface area (Å²) in [7, 11) is 0. The molecule has 4 nitrogen and oxygen atoms in total. The molecule has 1 heterocycles. The van der Waals surface area contributed by atoms with Gasteiger partial charge in [-0.25, -0.2) is 4.98 Å². The van der Waals surface area contributed by atoms with E-state index in [1.807, 2.05) is 0 Å². The van der Waals surface area contributed by atoms with E-state index in [0.29, 0.717) is 16.8 Å². The molecular weight excluding hydrogens is 284 g/mol. The Kier molecular flexibility index (Phi) is 5.60. The lowest BCUT2D eigenvalue weighted by Gasteiger charge is -2.30. The van der Waals surface area contributed by atoms with E-state index in [-0.39, 0.29) is 12.5 Å². The number of hydrogen-bond donors (Lipinski definition) is 2. The summed E-state index contributed by atoms with van der Waals surface area (Å²) in [6.07, 6.45) is 7.78. The molecule has 0 unspecified atom stereocenters. The van der Waals surface area contributed by atoms with Crippen molar-refractivity contribution in [2.75, 3.05) is 0 Å². The zero-order valence-corrected chi connectivity index (χ0v) is 12.3. The zero-order valence-electron chi connectivity index (χ0n) is 10.8. The lowest BCUT2D eigenvalue weighted by Crippen LogP contribution is -2.38. The Labute approximate surface area is 122 Å². The molecule has 1 aliphatic rings. The van der Waals surface area contributed by atoms with Crippen molar-refractivity contribution in [2.24, 2.45) is 5.92 Å². The summed E-state index contributed by atoms with van der Waals surface area (Å²) in [6, 6.07) is 0.0421. The molecule has 0 saturated heterocycles. The molecular formula is C13H19ClN2O2S. The van der Waals surface area contributed by atoms with Crippen LogP contribution in [-0.2, 0) is 11.3 Å². The van der Waals surface area contributed by atoms with E-state index in [0.717, 1.165) is 17.8 Å². The minimum Gasteiger partial charge on any atom is -0.481 e. The first-order valence-electron chi connectivity index (χ1n) is 6.70. The minimum atomic E-state index is -0.736. The molecule has 0 bridgehead atoms. The second kappa shape index (κ2) is 7.22. The predicted molar refractivity (Wildman–Crippen MR) is 76.6 cm³/mol. The Morgan fingerprint density at radius 3 is 2.84 bits per heavy atom. The van der Waals surface area contributed by atoms with Gasteiger partial charge in [0.25, 0.3) is 0 Å². The Bertz CT molecular complexity index is 419. The van der Waals surface area contributed by atoms with Crippen LogP contribution >= 0.6 is 22.9 Å². The standard InChI is InChI=1S/C13H19ClN2O2S/c14-11-7-16-12(19-11)8-15-10(6-13(17)18)9-4-2-1-3-5-9/h7,9-10,15H,1-6,8H2,(H,17,18)/t10-/m0/s1. The van der Waals surface area contributed by atoms with Crippen molar-refractivity contribution in [3.8, 4) is 0 Å². The highest BCUT2D eigenvalue weighted by Crippen LogP contribution is 2.28. The maximum absolute atomic E-state index is 11.0. The van der Waals surface area contributed by atoms with Gasteiger partial charge in [-0.05, 0) is 18.8 Å². The van der Waals surface area contributed by atoms with E-state index >= 15 is 0 Å². The van der Waals surface area contributed by atoms with Crippen LogP contribution in [0.15, 0.2) is 6.20 Å². The molecule has 6 heteroatoms. The number of nitrogens with zero attached hydrogens (tertiary/aromatic N) is 1. The van der Waals surface area contributed by atoms with Gasteiger partial charge in [0.15, 0.2) is 0 Å². The summed E-state index contributed by atoms with van der Waals surface area (Å²) in [5.74, 6) is -0.263. The number of hydrogen-bond acceptors (Lipinski definition) is 4. The maximum Gasteiger partial charge on any atom is 0.304 e. The van der Waals surface area contributed by atoms with E-state index in [1.54, 1.807) is 6.20 Å². The van der Waals surface area contributed by atoms with Gasteiger partial charge in [-0.1, -0.05) is 30.9 Å². The fourth-order valence-electron chi connectivity index (χ4n) is 2.72. The van der Waals surface area contributed by atoms with Crippen LogP contribution in [0.25, 0.3) is 0 Å². The van der Waals surface area contributed by atoms with E-state index in [4.69, 9.17) is 16.7 Å². The average Bonchev–Trinajstić information content (AvgIpc) is 2.81. The second-order valence-electron chi connectivity index (χ2n) is 5.04. The van der Waals surface area contributed by atoms with Crippen molar-refractivity contribution in [3.05, 3.63) is 15.5 Å². The molecule has 1 fully saturated rings. The largest absolute Gasteiger partial charge is 0.481 e. The molecule has 1 aromatic heterocycles. The van der Waals surface area contributed by atoms with Crippen molar-refractivity contribution in [1.29, 1.82) is 0 Å². The van der Waals surface area contributed by atoms with Crippen LogP contribution in [0.1, 0.15) is 43.5 Å². The fourth-order valence-corrected chi connectivity index (χ4v) is 3.63. The molecule has 0 aromatic carbocycles. The number of carbonyl (C=O) groups is 1. The summed E-state index contributed by atoms with van der Waals surface area (Å²) in [6.45, 7) is 0.603. The molecule has 1 aliphatic carbocycles. The SMILES string of the molecule is O=C(O)C[C@H](NCc1ncc(Cl)s1)C1CCCCC1. The summed E-state index contributed by atoms with van der Waals surface area (Å²) in [4.78, 5) is 15.2. The summed E-state index contributed by atoms with van der Waals surface area (Å²) >= 11 is 7.28. The molecule has 0 amide bonds. The lowest BCUT2D eigenvalue weighted by atomic mass is 9.82. The van der Waals surface area contributed by atoms with Crippen LogP contribution in [0.3, 0.4) is 0 Å². The Balaban J connectivity index is 1.90. The third-order valence-electron chi connectivity index (χ3n) is 3.65. The first-order valence-corrected chi connectivity index (χ1v) is 7.90. The Morgan fingerprint density at radius 1 is 1.53 bits per heavy atom. The molecule has 1 saturated carbocycles. The topological polar surface area (TPSA) is 62.2 Å². The van der Waals surface area contributed by atoms with Gasteiger partial charge in [-0.3, -0.25) is 4.79 Å². The lowest BCUT2D eigenvalue weighted by molar-refractivity contribution is -0.138. The van der Waals surface area contributed by atoms with Crippen molar-refractivity contribution >= 4 is 28.9 Å². The molecule has 106 valence electrons. The second-order valence-corrected chi connectivity index (χ2v) is 6.79. The fraction of sp³-hybridized carbons (Fsp3) is 0.692. The number of rotatable bonds is 6. The molecule has 1 atom stereocenters. The third-order valence-corrected chi connectivity index (χ3v) is 4.77. The van der Waals surface area contributed by atoms with Gasteiger partial charge < -0.3 is 10.4 Å². The molecule has 0 aliphatic heterocycles. The van der Waals surface area contributed by atoms with Gasteiger partial charge in [0, 0.05) is 12.6 Å². The Morgan fingerprint density at radius 2 is 2.26 bits per heavy atom. The number of thiazole rings is 1. The monoisotopic (exact) mass is 302 g/mol. The van der Waals surface area contributed by atoms with Gasteiger partial charge in [-0.2, -0.15) is 0 Å². The van der Waals surface area contributed by atoms with Crippen LogP contribution < -0.4 is 5.32 Å². The number of aliphatic carboxylic acids is 1. The first-order chi connectivity index (χ1) is 9.15. The molecule has 0 radical (unpaired) electrons. The van der Waals surface area contributed by atoms with Crippen LogP contribution in [0.2, 0.25) is 4.34 Å². The summed E-state index contributed by atoms with van der Waals surface area (Å²) in [5, 5.41) is 13.3. The third kappa shape index (κ3) is 4.75. The van der Waals surface area contributed by atoms with Crippen molar-refractivity contribution in [1.82, 2.24) is 10.3 Å². The number of nitrogens with one attached hydrogen (secondary N) is 1. The van der Waals surface area contributed by atoms with Crippen LogP contribution in [0.4, 0.5) is 0 Å². The van der Waals surface area contributed by atoms with Crippen LogP contribution in [0, 0.1) is 5.92 Å². The highest BCUT2D eigenvalue weighted by molar-refractivity contribution is 7.15. The Hall–Kier alpha value is -0.650. The van der Waals surface area contributed by atoms with Gasteiger partial charge in [0.2, 0.25) is 0 Å². The predicted octanol–water partition coefficient (Wildman–Crippen LogP) is 3.31. The number of carboxylic acids is 1. The van der Waals surface area contributed by atoms with Gasteiger partial charge in [0.1, 0.15) is 9.34 Å². The molecule has 2 N–H and O–H groups in total. The molecule has 1 aromatic rings. The van der Waals surface area contributed by atoms with E-state index < -0.39 is 5.97 Å². The first kappa shape index (κ1) is 14.8. The highest BCUT2D eigenvalue weighted by atomic mass is 35.5. The van der Waals surface area contributed by atoms with Gasteiger partial charge in [-0.15, -0.1) is 11.3 Å². The quantitative estimate of drug-likeness (QED) is 0.846. The number of carboxylic acid groups (broad SMARTS) is 1. The van der Waals surface area contributed by atoms with E-state index in [9.17, 15) is 4.79 Å². The summed E-state index contributed by atoms with van der Waals surface area (Å²) < 4.78 is 0.671. The van der Waals surface area contributed by atoms with Crippen LogP contribution in [0.5, 0.6) is 0 Å². The normalized spacial score (nSPS) is 18.4. The van der Waals surface area contributed by atoms with Crippen LogP contribution in [-0.4, -0.2) is 22.1 Å².